The van der Waals surface area contributed by atoms with Crippen LogP contribution in [0.25, 0.3) is 11.3 Å². The number of nitrogens with two attached hydrogens (primary N) is 1. The van der Waals surface area contributed by atoms with Gasteiger partial charge in [-0.1, -0.05) is 0 Å². The highest BCUT2D eigenvalue weighted by Crippen LogP contribution is 2.31. The summed E-state index contributed by atoms with van der Waals surface area (Å²) in [6, 6.07) is 6.09. The quantitative estimate of drug-likeness (QED) is 0.878. The van der Waals surface area contributed by atoms with Crippen molar-refractivity contribution >= 4 is 34.8 Å². The number of hydrogen-bond acceptors (Lipinski definition) is 5. The van der Waals surface area contributed by atoms with Crippen LogP contribution in [0.1, 0.15) is 18.4 Å². The molecule has 7 heteroatoms. The molecule has 2 aromatic rings. The molecule has 3 rings (SSSR count). The van der Waals surface area contributed by atoms with E-state index in [9.17, 15) is 4.79 Å². The van der Waals surface area contributed by atoms with Crippen molar-refractivity contribution < 1.29 is 9.53 Å². The minimum atomic E-state index is -0.0382. The molecule has 22 heavy (non-hydrogen) atoms. The number of thiazole rings is 1. The number of carbonyl (C=O) groups excluding carboxylic acids is 1. The number of nitrogens with zero attached hydrogens (tertiary/aromatic N) is 1. The molecule has 0 bridgehead atoms. The third-order valence-electron chi connectivity index (χ3n) is 3.34. The second-order valence-corrected chi connectivity index (χ2v) is 5.76. The number of nitrogens with one attached hydrogen (secondary N) is 1. The minimum Gasteiger partial charge on any atom is -0.493 e. The van der Waals surface area contributed by atoms with Crippen LogP contribution in [0.15, 0.2) is 23.6 Å². The minimum absolute atomic E-state index is 0. The third-order valence-corrected chi connectivity index (χ3v) is 4.10. The van der Waals surface area contributed by atoms with E-state index in [4.69, 9.17) is 10.5 Å². The van der Waals surface area contributed by atoms with Crippen molar-refractivity contribution in [3.05, 3.63) is 29.1 Å². The fourth-order valence-corrected chi connectivity index (χ4v) is 2.99. The molecule has 0 saturated heterocycles. The van der Waals surface area contributed by atoms with Crippen molar-refractivity contribution in [3.63, 3.8) is 0 Å². The van der Waals surface area contributed by atoms with Crippen LogP contribution in [-0.4, -0.2) is 24.0 Å². The molecule has 1 aliphatic heterocycles. The number of rotatable bonds is 5. The zero-order valence-corrected chi connectivity index (χ0v) is 13.6. The molecule has 0 saturated carbocycles. The lowest BCUT2D eigenvalue weighted by atomic mass is 10.1. The van der Waals surface area contributed by atoms with E-state index in [1.807, 2.05) is 17.5 Å². The van der Waals surface area contributed by atoms with Gasteiger partial charge in [0.1, 0.15) is 5.75 Å². The van der Waals surface area contributed by atoms with Gasteiger partial charge in [-0.05, 0) is 36.7 Å². The van der Waals surface area contributed by atoms with Gasteiger partial charge in [0.15, 0.2) is 5.13 Å². The molecule has 0 atom stereocenters. The Hall–Kier alpha value is -1.63. The molecule has 118 valence electrons. The van der Waals surface area contributed by atoms with Crippen molar-refractivity contribution in [2.45, 2.75) is 19.3 Å². The van der Waals surface area contributed by atoms with Crippen molar-refractivity contribution in [2.24, 2.45) is 5.73 Å². The molecule has 3 N–H and O–H groups in total. The predicted octanol–water partition coefficient (Wildman–Crippen LogP) is 2.84. The third kappa shape index (κ3) is 3.76. The Balaban J connectivity index is 0.00000176. The Kier molecular flexibility index (Phi) is 5.76. The van der Waals surface area contributed by atoms with Crippen LogP contribution in [0.5, 0.6) is 5.75 Å². The number of amides is 1. The molecule has 0 radical (unpaired) electrons. The van der Waals surface area contributed by atoms with Gasteiger partial charge in [-0.2, -0.15) is 0 Å². The number of anilines is 1. The maximum absolute atomic E-state index is 11.7. The Bertz CT molecular complexity index is 660. The second kappa shape index (κ2) is 7.58. The maximum atomic E-state index is 11.7. The normalized spacial score (nSPS) is 12.2. The van der Waals surface area contributed by atoms with E-state index >= 15 is 0 Å². The summed E-state index contributed by atoms with van der Waals surface area (Å²) in [5, 5.41) is 5.39. The van der Waals surface area contributed by atoms with Gasteiger partial charge >= 0.3 is 0 Å². The van der Waals surface area contributed by atoms with Crippen LogP contribution in [0.2, 0.25) is 0 Å². The summed E-state index contributed by atoms with van der Waals surface area (Å²) in [5.74, 6) is 0.924. The first-order valence-electron chi connectivity index (χ1n) is 6.98. The second-order valence-electron chi connectivity index (χ2n) is 4.90. The van der Waals surface area contributed by atoms with Gasteiger partial charge in [-0.15, -0.1) is 23.7 Å². The number of halogens is 1. The van der Waals surface area contributed by atoms with Crippen LogP contribution >= 0.6 is 23.7 Å². The largest absolute Gasteiger partial charge is 0.493 e. The van der Waals surface area contributed by atoms with Crippen molar-refractivity contribution in [1.82, 2.24) is 4.98 Å². The van der Waals surface area contributed by atoms with E-state index in [-0.39, 0.29) is 18.3 Å². The van der Waals surface area contributed by atoms with Gasteiger partial charge in [0.25, 0.3) is 0 Å². The van der Waals surface area contributed by atoms with E-state index in [1.165, 1.54) is 16.9 Å². The van der Waals surface area contributed by atoms with Gasteiger partial charge in [-0.25, -0.2) is 4.98 Å². The number of fused-ring (bicyclic) bond motifs is 1. The molecular formula is C15H18ClN3O2S. The first kappa shape index (κ1) is 16.7. The fraction of sp³-hybridized carbons (Fsp3) is 0.333. The first-order valence-corrected chi connectivity index (χ1v) is 7.86. The van der Waals surface area contributed by atoms with Gasteiger partial charge in [0, 0.05) is 23.8 Å². The summed E-state index contributed by atoms with van der Waals surface area (Å²) in [5.41, 5.74) is 8.54. The lowest BCUT2D eigenvalue weighted by Gasteiger charge is -2.02. The highest BCUT2D eigenvalue weighted by atomic mass is 35.5. The number of hydrogen-bond donors (Lipinski definition) is 2. The fourth-order valence-electron chi connectivity index (χ4n) is 2.25. The molecular weight excluding hydrogens is 322 g/mol. The van der Waals surface area contributed by atoms with Crippen LogP contribution in [0.3, 0.4) is 0 Å². The topological polar surface area (TPSA) is 77.2 Å². The van der Waals surface area contributed by atoms with E-state index in [0.717, 1.165) is 30.0 Å². The van der Waals surface area contributed by atoms with Crippen molar-refractivity contribution in [2.75, 3.05) is 18.5 Å². The molecule has 1 amide bonds. The lowest BCUT2D eigenvalue weighted by Crippen LogP contribution is -2.13. The molecule has 0 unspecified atom stereocenters. The zero-order chi connectivity index (χ0) is 14.7. The first-order chi connectivity index (χ1) is 10.3. The molecule has 0 fully saturated rings. The predicted molar refractivity (Wildman–Crippen MR) is 90.9 cm³/mol. The molecule has 2 heterocycles. The van der Waals surface area contributed by atoms with E-state index in [1.54, 1.807) is 0 Å². The summed E-state index contributed by atoms with van der Waals surface area (Å²) in [4.78, 5) is 16.1. The highest BCUT2D eigenvalue weighted by molar-refractivity contribution is 7.14. The van der Waals surface area contributed by atoms with Crippen molar-refractivity contribution in [1.29, 1.82) is 0 Å². The van der Waals surface area contributed by atoms with Gasteiger partial charge < -0.3 is 15.8 Å². The Labute approximate surface area is 139 Å². The van der Waals surface area contributed by atoms with E-state index < -0.39 is 0 Å². The molecule has 1 aromatic carbocycles. The zero-order valence-electron chi connectivity index (χ0n) is 12.0. The van der Waals surface area contributed by atoms with E-state index in [2.05, 4.69) is 16.4 Å². The lowest BCUT2D eigenvalue weighted by molar-refractivity contribution is -0.116. The monoisotopic (exact) mass is 339 g/mol. The summed E-state index contributed by atoms with van der Waals surface area (Å²) in [7, 11) is 0. The van der Waals surface area contributed by atoms with Crippen LogP contribution in [0.4, 0.5) is 5.13 Å². The smallest absolute Gasteiger partial charge is 0.226 e. The highest BCUT2D eigenvalue weighted by Gasteiger charge is 2.14. The Morgan fingerprint density at radius 3 is 3.14 bits per heavy atom. The van der Waals surface area contributed by atoms with Crippen LogP contribution in [-0.2, 0) is 11.2 Å². The average molecular weight is 340 g/mol. The number of carbonyl (C=O) groups is 1. The van der Waals surface area contributed by atoms with Gasteiger partial charge in [-0.3, -0.25) is 4.79 Å². The summed E-state index contributed by atoms with van der Waals surface area (Å²) in [6.45, 7) is 1.27. The molecule has 1 aliphatic rings. The summed E-state index contributed by atoms with van der Waals surface area (Å²) in [6.07, 6.45) is 2.06. The molecule has 0 spiro atoms. The molecule has 5 nitrogen and oxygen atoms in total. The van der Waals surface area contributed by atoms with Crippen LogP contribution in [0, 0.1) is 0 Å². The van der Waals surface area contributed by atoms with Gasteiger partial charge in [0.05, 0.1) is 12.3 Å². The summed E-state index contributed by atoms with van der Waals surface area (Å²) >= 11 is 1.43. The van der Waals surface area contributed by atoms with E-state index in [0.29, 0.717) is 24.5 Å². The van der Waals surface area contributed by atoms with Crippen molar-refractivity contribution in [3.8, 4) is 17.0 Å². The van der Waals surface area contributed by atoms with Gasteiger partial charge in [0.2, 0.25) is 5.91 Å². The summed E-state index contributed by atoms with van der Waals surface area (Å²) < 4.78 is 5.50. The molecule has 1 aromatic heterocycles. The number of aromatic nitrogens is 1. The Morgan fingerprint density at radius 1 is 1.45 bits per heavy atom. The Morgan fingerprint density at radius 2 is 2.32 bits per heavy atom. The van der Waals surface area contributed by atoms with Crippen LogP contribution < -0.4 is 15.8 Å². The maximum Gasteiger partial charge on any atom is 0.226 e. The number of ether oxygens (including phenoxy) is 1. The molecule has 0 aliphatic carbocycles. The SMILES string of the molecule is Cl.NCCCC(=O)Nc1nc(-c2ccc3c(c2)CCO3)cs1. The standard InChI is InChI=1S/C15H17N3O2S.ClH/c16-6-1-2-14(19)18-15-17-12(9-21-15)10-3-4-13-11(8-10)5-7-20-13;/h3-4,8-9H,1-2,5-7,16H2,(H,17,18,19);1H. The number of benzene rings is 1. The average Bonchev–Trinajstić information content (AvgIpc) is 3.12.